The summed E-state index contributed by atoms with van der Waals surface area (Å²) in [5, 5.41) is 0. The maximum Gasteiger partial charge on any atom is 0.460 e. The normalized spacial score (nSPS) is 11.9. The molecular weight excluding hydrogens is 247 g/mol. The molecule has 0 saturated carbocycles. The van der Waals surface area contributed by atoms with Crippen LogP contribution in [0.4, 0.5) is 0 Å². The van der Waals surface area contributed by atoms with Gasteiger partial charge in [-0.1, -0.05) is 30.3 Å². The van der Waals surface area contributed by atoms with Crippen molar-refractivity contribution in [1.29, 1.82) is 0 Å². The van der Waals surface area contributed by atoms with E-state index in [1.54, 1.807) is 12.1 Å². The van der Waals surface area contributed by atoms with Gasteiger partial charge in [0.05, 0.1) is 0 Å². The molecule has 0 bridgehead atoms. The second kappa shape index (κ2) is 5.85. The number of hydrogen-bond acceptors (Lipinski definition) is 3. The quantitative estimate of drug-likeness (QED) is 0.847. The molecule has 0 saturated heterocycles. The second-order valence-corrected chi connectivity index (χ2v) is 4.77. The zero-order valence-electron chi connectivity index (χ0n) is 10.3. The first-order valence-electron chi connectivity index (χ1n) is 5.63. The molecule has 0 spiro atoms. The molecule has 94 valence electrons. The topological polar surface area (TPSA) is 38.7 Å². The molecule has 2 aromatic carbocycles. The van der Waals surface area contributed by atoms with Crippen LogP contribution in [-0.4, -0.2) is 4.89 Å². The minimum Gasteiger partial charge on any atom is -0.418 e. The first-order chi connectivity index (χ1) is 8.66. The Morgan fingerprint density at radius 1 is 0.889 bits per heavy atom. The molecular formula is C14H15O3P. The number of para-hydroxylation sites is 1. The second-order valence-electron chi connectivity index (χ2n) is 3.93. The molecule has 0 heterocycles. The van der Waals surface area contributed by atoms with Gasteiger partial charge in [0.2, 0.25) is 0 Å². The van der Waals surface area contributed by atoms with Crippen LogP contribution in [0.15, 0.2) is 48.5 Å². The lowest BCUT2D eigenvalue weighted by molar-refractivity contribution is 0.380. The average molecular weight is 262 g/mol. The lowest BCUT2D eigenvalue weighted by Crippen LogP contribution is -1.96. The standard InChI is InChI=1S/C14H15O3P/c1-11-7-6-10-14(12(11)2)17-18(15)16-13-8-4-3-5-9-13/h3-10,15H,1-2H3. The minimum absolute atomic E-state index is 0.594. The summed E-state index contributed by atoms with van der Waals surface area (Å²) in [6.45, 7) is 3.95. The molecule has 4 heteroatoms. The van der Waals surface area contributed by atoms with Crippen LogP contribution in [0.2, 0.25) is 0 Å². The fourth-order valence-electron chi connectivity index (χ4n) is 1.50. The molecule has 0 aliphatic rings. The molecule has 0 aliphatic carbocycles. The summed E-state index contributed by atoms with van der Waals surface area (Å²) >= 11 is 0. The fraction of sp³-hybridized carbons (Fsp3) is 0.143. The molecule has 2 aromatic rings. The summed E-state index contributed by atoms with van der Waals surface area (Å²) in [6.07, 6.45) is 0. The molecule has 0 radical (unpaired) electrons. The fourth-order valence-corrected chi connectivity index (χ4v) is 2.20. The smallest absolute Gasteiger partial charge is 0.418 e. The molecule has 3 nitrogen and oxygen atoms in total. The molecule has 1 atom stereocenters. The Labute approximate surface area is 108 Å². The van der Waals surface area contributed by atoms with E-state index in [0.717, 1.165) is 11.1 Å². The number of aryl methyl sites for hydroxylation is 1. The molecule has 1 unspecified atom stereocenters. The zero-order chi connectivity index (χ0) is 13.0. The van der Waals surface area contributed by atoms with Crippen molar-refractivity contribution >= 4 is 8.60 Å². The van der Waals surface area contributed by atoms with Gasteiger partial charge in [0.25, 0.3) is 0 Å². The van der Waals surface area contributed by atoms with Gasteiger partial charge in [-0.15, -0.1) is 0 Å². The third kappa shape index (κ3) is 3.22. The van der Waals surface area contributed by atoms with Crippen LogP contribution in [0, 0.1) is 13.8 Å². The lowest BCUT2D eigenvalue weighted by atomic mass is 10.1. The van der Waals surface area contributed by atoms with Crippen molar-refractivity contribution in [1.82, 2.24) is 0 Å². The summed E-state index contributed by atoms with van der Waals surface area (Å²) in [5.74, 6) is 1.25. The molecule has 18 heavy (non-hydrogen) atoms. The number of benzene rings is 2. The van der Waals surface area contributed by atoms with Gasteiger partial charge >= 0.3 is 8.60 Å². The van der Waals surface area contributed by atoms with Crippen LogP contribution in [-0.2, 0) is 0 Å². The summed E-state index contributed by atoms with van der Waals surface area (Å²) in [6, 6.07) is 14.8. The van der Waals surface area contributed by atoms with E-state index >= 15 is 0 Å². The van der Waals surface area contributed by atoms with Gasteiger partial charge in [-0.2, -0.15) is 0 Å². The third-order valence-corrected chi connectivity index (χ3v) is 3.38. The van der Waals surface area contributed by atoms with E-state index < -0.39 is 8.60 Å². The number of hydrogen-bond donors (Lipinski definition) is 1. The highest BCUT2D eigenvalue weighted by molar-refractivity contribution is 7.41. The first kappa shape index (κ1) is 12.9. The minimum atomic E-state index is -1.96. The highest BCUT2D eigenvalue weighted by Gasteiger charge is 2.13. The predicted octanol–water partition coefficient (Wildman–Crippen LogP) is 3.98. The SMILES string of the molecule is Cc1cccc(OP(O)Oc2ccccc2)c1C. The Bertz CT molecular complexity index is 514. The van der Waals surface area contributed by atoms with Crippen molar-refractivity contribution in [3.05, 3.63) is 59.7 Å². The summed E-state index contributed by atoms with van der Waals surface area (Å²) in [4.78, 5) is 9.79. The van der Waals surface area contributed by atoms with Gasteiger partial charge in [0.15, 0.2) is 0 Å². The molecule has 1 N–H and O–H groups in total. The van der Waals surface area contributed by atoms with Crippen LogP contribution in [0.3, 0.4) is 0 Å². The van der Waals surface area contributed by atoms with Gasteiger partial charge in [0.1, 0.15) is 11.5 Å². The maximum absolute atomic E-state index is 9.79. The van der Waals surface area contributed by atoms with Gasteiger partial charge < -0.3 is 13.9 Å². The van der Waals surface area contributed by atoms with E-state index in [-0.39, 0.29) is 0 Å². The third-order valence-electron chi connectivity index (χ3n) is 2.66. The predicted molar refractivity (Wildman–Crippen MR) is 72.8 cm³/mol. The van der Waals surface area contributed by atoms with Crippen molar-refractivity contribution in [2.75, 3.05) is 0 Å². The molecule has 0 aliphatic heterocycles. The largest absolute Gasteiger partial charge is 0.460 e. The highest BCUT2D eigenvalue weighted by atomic mass is 31.2. The Hall–Kier alpha value is -1.57. The van der Waals surface area contributed by atoms with Crippen molar-refractivity contribution in [2.24, 2.45) is 0 Å². The molecule has 2 rings (SSSR count). The van der Waals surface area contributed by atoms with Crippen LogP contribution in [0.5, 0.6) is 11.5 Å². The highest BCUT2D eigenvalue weighted by Crippen LogP contribution is 2.37. The Balaban J connectivity index is 2.03. The Morgan fingerprint density at radius 3 is 2.33 bits per heavy atom. The summed E-state index contributed by atoms with van der Waals surface area (Å²) in [5.41, 5.74) is 2.13. The van der Waals surface area contributed by atoms with Gasteiger partial charge in [-0.25, -0.2) is 0 Å². The molecule has 0 amide bonds. The van der Waals surface area contributed by atoms with Crippen molar-refractivity contribution in [3.63, 3.8) is 0 Å². The summed E-state index contributed by atoms with van der Waals surface area (Å²) < 4.78 is 10.7. The monoisotopic (exact) mass is 262 g/mol. The van der Waals surface area contributed by atoms with Crippen molar-refractivity contribution in [3.8, 4) is 11.5 Å². The lowest BCUT2D eigenvalue weighted by Gasteiger charge is -2.14. The van der Waals surface area contributed by atoms with Crippen LogP contribution < -0.4 is 9.05 Å². The summed E-state index contributed by atoms with van der Waals surface area (Å²) in [7, 11) is -1.96. The van der Waals surface area contributed by atoms with Gasteiger partial charge in [-0.3, -0.25) is 0 Å². The van der Waals surface area contributed by atoms with E-state index in [0.29, 0.717) is 11.5 Å². The first-order valence-corrected chi connectivity index (χ1v) is 6.76. The molecule has 0 fully saturated rings. The van der Waals surface area contributed by atoms with Gasteiger partial charge in [0, 0.05) is 0 Å². The zero-order valence-corrected chi connectivity index (χ0v) is 11.2. The van der Waals surface area contributed by atoms with E-state index in [9.17, 15) is 4.89 Å². The van der Waals surface area contributed by atoms with E-state index in [2.05, 4.69) is 0 Å². The van der Waals surface area contributed by atoms with Crippen LogP contribution in [0.1, 0.15) is 11.1 Å². The van der Waals surface area contributed by atoms with Crippen molar-refractivity contribution in [2.45, 2.75) is 13.8 Å². The van der Waals surface area contributed by atoms with Gasteiger partial charge in [-0.05, 0) is 43.2 Å². The number of rotatable bonds is 4. The molecule has 0 aromatic heterocycles. The Morgan fingerprint density at radius 2 is 1.61 bits per heavy atom. The van der Waals surface area contributed by atoms with E-state index in [1.165, 1.54) is 0 Å². The van der Waals surface area contributed by atoms with Crippen LogP contribution in [0.25, 0.3) is 0 Å². The van der Waals surface area contributed by atoms with E-state index in [4.69, 9.17) is 9.05 Å². The maximum atomic E-state index is 9.79. The Kier molecular flexibility index (Phi) is 4.19. The van der Waals surface area contributed by atoms with Crippen molar-refractivity contribution < 1.29 is 13.9 Å². The van der Waals surface area contributed by atoms with E-state index in [1.807, 2.05) is 50.2 Å². The average Bonchev–Trinajstić information content (AvgIpc) is 2.36. The van der Waals surface area contributed by atoms with Crippen LogP contribution >= 0.6 is 8.60 Å².